The second-order valence-corrected chi connectivity index (χ2v) is 12.9. The molecule has 0 N–H and O–H groups in total. The Labute approximate surface area is 210 Å². The van der Waals surface area contributed by atoms with E-state index in [0.29, 0.717) is 22.2 Å². The van der Waals surface area contributed by atoms with Crippen LogP contribution in [-0.2, 0) is 19.9 Å². The molecule has 2 aromatic heterocycles. The van der Waals surface area contributed by atoms with Crippen LogP contribution < -0.4 is 0 Å². The van der Waals surface area contributed by atoms with Crippen molar-refractivity contribution in [2.75, 3.05) is 6.26 Å². The number of rotatable bonds is 6. The minimum atomic E-state index is -4.09. The van der Waals surface area contributed by atoms with E-state index in [0.717, 1.165) is 38.1 Å². The van der Waals surface area contributed by atoms with Crippen LogP contribution in [-0.4, -0.2) is 32.0 Å². The fourth-order valence-corrected chi connectivity index (χ4v) is 6.88. The number of aromatic nitrogens is 2. The summed E-state index contributed by atoms with van der Waals surface area (Å²) in [6.45, 7) is 0. The highest BCUT2D eigenvalue weighted by Crippen LogP contribution is 2.36. The molecule has 186 valence electrons. The van der Waals surface area contributed by atoms with E-state index in [4.69, 9.17) is 0 Å². The third-order valence-corrected chi connectivity index (χ3v) is 9.36. The van der Waals surface area contributed by atoms with Crippen molar-refractivity contribution in [1.82, 2.24) is 8.96 Å². The van der Waals surface area contributed by atoms with Gasteiger partial charge in [0.25, 0.3) is 10.0 Å². The zero-order valence-corrected chi connectivity index (χ0v) is 21.3. The van der Waals surface area contributed by atoms with Gasteiger partial charge in [-0.05, 0) is 60.7 Å². The minimum absolute atomic E-state index is 0.0857. The Bertz CT molecular complexity index is 1670. The van der Waals surface area contributed by atoms with Gasteiger partial charge in [0.15, 0.2) is 15.5 Å². The monoisotopic (exact) mass is 524 g/mol. The molecule has 9 heteroatoms. The van der Waals surface area contributed by atoms with Gasteiger partial charge in [-0.2, -0.15) is 0 Å². The molecule has 0 radical (unpaired) electrons. The Hall–Kier alpha value is -3.30. The van der Waals surface area contributed by atoms with Crippen molar-refractivity contribution in [2.24, 2.45) is 5.92 Å². The largest absolute Gasteiger partial charge is 0.269 e. The van der Waals surface area contributed by atoms with Crippen molar-refractivity contribution in [3.8, 4) is 0 Å². The molecule has 1 saturated carbocycles. The zero-order chi connectivity index (χ0) is 25.5. The lowest BCUT2D eigenvalue weighted by molar-refractivity contribution is 0.587. The van der Waals surface area contributed by atoms with Crippen LogP contribution in [0.3, 0.4) is 0 Å². The second-order valence-electron chi connectivity index (χ2n) is 9.10. The van der Waals surface area contributed by atoms with Gasteiger partial charge >= 0.3 is 0 Å². The van der Waals surface area contributed by atoms with Crippen LogP contribution in [0.25, 0.3) is 16.6 Å². The van der Waals surface area contributed by atoms with Gasteiger partial charge in [-0.15, -0.1) is 0 Å². The van der Waals surface area contributed by atoms with E-state index >= 15 is 0 Å². The van der Waals surface area contributed by atoms with E-state index in [1.54, 1.807) is 36.4 Å². The van der Waals surface area contributed by atoms with Gasteiger partial charge in [-0.25, -0.2) is 30.2 Å². The third kappa shape index (κ3) is 4.60. The molecule has 0 spiro atoms. The third-order valence-electron chi connectivity index (χ3n) is 6.52. The van der Waals surface area contributed by atoms with Gasteiger partial charge in [0.2, 0.25) is 0 Å². The van der Waals surface area contributed by atoms with Crippen molar-refractivity contribution in [1.29, 1.82) is 0 Å². The topological polar surface area (TPSA) is 86.1 Å². The molecule has 0 unspecified atom stereocenters. The fourth-order valence-electron chi connectivity index (χ4n) is 4.74. The molecule has 5 rings (SSSR count). The SMILES string of the molecule is CS(=O)(=O)c1ccc(/C(=C\C2CCCC2)c2cc3cc(F)cnc3n2S(=O)(=O)c2ccccc2)cc1. The second kappa shape index (κ2) is 9.29. The van der Waals surface area contributed by atoms with E-state index in [1.165, 1.54) is 34.3 Å². The fraction of sp³-hybridized carbons (Fsp3) is 0.222. The Balaban J connectivity index is 1.79. The molecule has 0 aliphatic heterocycles. The van der Waals surface area contributed by atoms with Gasteiger partial charge in [0, 0.05) is 17.2 Å². The van der Waals surface area contributed by atoms with Gasteiger partial charge in [0.1, 0.15) is 5.82 Å². The van der Waals surface area contributed by atoms with Crippen molar-refractivity contribution in [2.45, 2.75) is 35.5 Å². The molecule has 36 heavy (non-hydrogen) atoms. The maximum absolute atomic E-state index is 14.1. The summed E-state index contributed by atoms with van der Waals surface area (Å²) in [6, 6.07) is 17.3. The molecule has 0 amide bonds. The lowest BCUT2D eigenvalue weighted by Crippen LogP contribution is -2.16. The summed E-state index contributed by atoms with van der Waals surface area (Å²) in [4.78, 5) is 4.41. The summed E-state index contributed by atoms with van der Waals surface area (Å²) >= 11 is 0. The van der Waals surface area contributed by atoms with E-state index < -0.39 is 25.7 Å². The molecular formula is C27H25FN2O4S2. The molecule has 1 aliphatic rings. The average molecular weight is 525 g/mol. The van der Waals surface area contributed by atoms with Crippen molar-refractivity contribution < 1.29 is 21.2 Å². The van der Waals surface area contributed by atoms with Crippen molar-refractivity contribution >= 4 is 36.5 Å². The predicted molar refractivity (Wildman–Crippen MR) is 137 cm³/mol. The summed E-state index contributed by atoms with van der Waals surface area (Å²) in [7, 11) is -7.49. The first-order chi connectivity index (χ1) is 17.1. The summed E-state index contributed by atoms with van der Waals surface area (Å²) in [5.41, 5.74) is 1.79. The van der Waals surface area contributed by atoms with E-state index in [1.807, 2.05) is 0 Å². The number of hydrogen-bond donors (Lipinski definition) is 0. The molecule has 0 atom stereocenters. The van der Waals surface area contributed by atoms with Crippen LogP contribution in [0.1, 0.15) is 36.9 Å². The maximum Gasteiger partial charge on any atom is 0.269 e. The van der Waals surface area contributed by atoms with Crippen LogP contribution in [0.4, 0.5) is 4.39 Å². The molecule has 4 aromatic rings. The zero-order valence-electron chi connectivity index (χ0n) is 19.6. The minimum Gasteiger partial charge on any atom is -0.234 e. The molecule has 0 saturated heterocycles. The predicted octanol–water partition coefficient (Wildman–Crippen LogP) is 5.44. The van der Waals surface area contributed by atoms with E-state index in [9.17, 15) is 21.2 Å². The van der Waals surface area contributed by atoms with Gasteiger partial charge in [-0.1, -0.05) is 49.2 Å². The Morgan fingerprint density at radius 2 is 1.61 bits per heavy atom. The average Bonchev–Trinajstić information content (AvgIpc) is 3.50. The van der Waals surface area contributed by atoms with Gasteiger partial charge in [-0.3, -0.25) is 0 Å². The lowest BCUT2D eigenvalue weighted by atomic mass is 9.96. The Kier molecular flexibility index (Phi) is 6.30. The van der Waals surface area contributed by atoms with Crippen LogP contribution in [0, 0.1) is 11.7 Å². The number of fused-ring (bicyclic) bond motifs is 1. The number of nitrogens with zero attached hydrogens (tertiary/aromatic N) is 2. The molecule has 6 nitrogen and oxygen atoms in total. The maximum atomic E-state index is 14.1. The first-order valence-corrected chi connectivity index (χ1v) is 15.0. The number of allylic oxidation sites excluding steroid dienone is 1. The summed E-state index contributed by atoms with van der Waals surface area (Å²) < 4.78 is 67.1. The molecule has 1 aliphatic carbocycles. The highest BCUT2D eigenvalue weighted by Gasteiger charge is 2.27. The van der Waals surface area contributed by atoms with Crippen LogP contribution in [0.5, 0.6) is 0 Å². The molecular weight excluding hydrogens is 499 g/mol. The highest BCUT2D eigenvalue weighted by atomic mass is 32.2. The summed E-state index contributed by atoms with van der Waals surface area (Å²) in [6.07, 6.45) is 8.32. The molecule has 0 bridgehead atoms. The number of hydrogen-bond acceptors (Lipinski definition) is 5. The Morgan fingerprint density at radius 3 is 2.25 bits per heavy atom. The van der Waals surface area contributed by atoms with Crippen molar-refractivity contribution in [3.63, 3.8) is 0 Å². The highest BCUT2D eigenvalue weighted by molar-refractivity contribution is 7.90. The Morgan fingerprint density at radius 1 is 0.944 bits per heavy atom. The lowest BCUT2D eigenvalue weighted by Gasteiger charge is -2.16. The number of halogens is 1. The number of sulfone groups is 1. The summed E-state index contributed by atoms with van der Waals surface area (Å²) in [5.74, 6) is -0.327. The smallest absolute Gasteiger partial charge is 0.234 e. The van der Waals surface area contributed by atoms with E-state index in [-0.39, 0.29) is 21.4 Å². The van der Waals surface area contributed by atoms with Crippen LogP contribution in [0.2, 0.25) is 0 Å². The molecule has 1 fully saturated rings. The number of benzene rings is 2. The summed E-state index contributed by atoms with van der Waals surface area (Å²) in [5, 5.41) is 0.356. The first-order valence-electron chi connectivity index (χ1n) is 11.6. The van der Waals surface area contributed by atoms with Crippen LogP contribution in [0.15, 0.2) is 88.8 Å². The molecule has 2 heterocycles. The van der Waals surface area contributed by atoms with Gasteiger partial charge in [0.05, 0.1) is 21.7 Å². The quantitative estimate of drug-likeness (QED) is 0.335. The van der Waals surface area contributed by atoms with E-state index in [2.05, 4.69) is 11.1 Å². The van der Waals surface area contributed by atoms with Crippen LogP contribution >= 0.6 is 0 Å². The molecule has 2 aromatic carbocycles. The standard InChI is InChI=1S/C27H25FN2O4S2/c1-35(31,32)23-13-11-20(12-14-23)25(15-19-7-5-6-8-19)26-17-21-16-22(28)18-29-27(21)30(26)36(33,34)24-9-3-2-4-10-24/h2-4,9-19H,5-8H2,1H3/b25-15+. The van der Waals surface area contributed by atoms with Gasteiger partial charge < -0.3 is 0 Å². The number of pyridine rings is 1. The first kappa shape index (κ1) is 24.4. The van der Waals surface area contributed by atoms with Crippen molar-refractivity contribution in [3.05, 3.63) is 96.1 Å². The normalized spacial score (nSPS) is 15.6.